The number of ether oxygens (including phenoxy) is 1. The number of esters is 1. The number of rotatable bonds is 5. The zero-order chi connectivity index (χ0) is 11.0. The van der Waals surface area contributed by atoms with Gasteiger partial charge in [0.15, 0.2) is 5.17 Å². The number of hydrogen-bond acceptors (Lipinski definition) is 4. The van der Waals surface area contributed by atoms with Crippen LogP contribution in [0.2, 0.25) is 0 Å². The third kappa shape index (κ3) is 5.64. The highest BCUT2D eigenvalue weighted by Gasteiger charge is 2.09. The Morgan fingerprint density at radius 3 is 2.71 bits per heavy atom. The zero-order valence-corrected chi connectivity index (χ0v) is 9.32. The Bertz CT molecular complexity index is 239. The second-order valence-corrected chi connectivity index (χ2v) is 3.68. The van der Waals surface area contributed by atoms with E-state index in [9.17, 15) is 4.79 Å². The van der Waals surface area contributed by atoms with Gasteiger partial charge in [-0.3, -0.25) is 5.41 Å². The number of nitrogens with one attached hydrogen (secondary N) is 1. The molecule has 0 radical (unpaired) electrons. The highest BCUT2D eigenvalue weighted by Crippen LogP contribution is 2.10. The lowest BCUT2D eigenvalue weighted by molar-refractivity contribution is -0.136. The molecule has 0 amide bonds. The van der Waals surface area contributed by atoms with Crippen LogP contribution in [0.4, 0.5) is 0 Å². The van der Waals surface area contributed by atoms with Gasteiger partial charge in [0.05, 0.1) is 7.11 Å². The monoisotopic (exact) mass is 216 g/mol. The molecule has 0 aromatic carbocycles. The molecule has 80 valence electrons. The molecule has 0 unspecified atom stereocenters. The highest BCUT2D eigenvalue weighted by atomic mass is 32.2. The molecule has 4 nitrogen and oxygen atoms in total. The third-order valence-corrected chi connectivity index (χ3v) is 2.28. The maximum Gasteiger partial charge on any atom is 0.334 e. The first kappa shape index (κ1) is 13.0. The van der Waals surface area contributed by atoms with Crippen molar-refractivity contribution >= 4 is 22.9 Å². The Balaban J connectivity index is 4.24. The minimum absolute atomic E-state index is 0.0105. The summed E-state index contributed by atoms with van der Waals surface area (Å²) in [4.78, 5) is 11.2. The molecule has 5 heteroatoms. The molecule has 0 aliphatic heterocycles. The maximum atomic E-state index is 11.2. The molecule has 0 heterocycles. The molecule has 0 aliphatic carbocycles. The van der Waals surface area contributed by atoms with Crippen LogP contribution in [0.3, 0.4) is 0 Å². The number of unbranched alkanes of at least 4 members (excludes halogenated alkanes) is 1. The van der Waals surface area contributed by atoms with Gasteiger partial charge >= 0.3 is 5.97 Å². The summed E-state index contributed by atoms with van der Waals surface area (Å²) in [5.41, 5.74) is 5.76. The number of hydrogen-bond donors (Lipinski definition) is 2. The average molecular weight is 216 g/mol. The van der Waals surface area contributed by atoms with Gasteiger partial charge < -0.3 is 10.5 Å². The van der Waals surface area contributed by atoms with Crippen molar-refractivity contribution in [2.75, 3.05) is 12.9 Å². The van der Waals surface area contributed by atoms with Gasteiger partial charge in [0.1, 0.15) is 0 Å². The van der Waals surface area contributed by atoms with Gasteiger partial charge in [-0.15, -0.1) is 0 Å². The predicted octanol–water partition coefficient (Wildman–Crippen LogP) is 1.51. The fourth-order valence-electron chi connectivity index (χ4n) is 0.806. The van der Waals surface area contributed by atoms with Gasteiger partial charge in [-0.1, -0.05) is 31.2 Å². The van der Waals surface area contributed by atoms with Crippen molar-refractivity contribution in [3.05, 3.63) is 11.6 Å². The van der Waals surface area contributed by atoms with Gasteiger partial charge in [0, 0.05) is 11.3 Å². The van der Waals surface area contributed by atoms with E-state index in [0.29, 0.717) is 11.3 Å². The second kappa shape index (κ2) is 7.44. The first-order chi connectivity index (χ1) is 6.61. The number of allylic oxidation sites excluding steroid dienone is 1. The van der Waals surface area contributed by atoms with E-state index in [-0.39, 0.29) is 11.1 Å². The third-order valence-electron chi connectivity index (χ3n) is 1.51. The largest absolute Gasteiger partial charge is 0.466 e. The number of nitrogens with two attached hydrogens (primary N) is 1. The smallest absolute Gasteiger partial charge is 0.334 e. The lowest BCUT2D eigenvalue weighted by atomic mass is 10.2. The molecular formula is C9H16N2O2S. The fraction of sp³-hybridized carbons (Fsp3) is 0.556. The lowest BCUT2D eigenvalue weighted by Crippen LogP contribution is -2.11. The Morgan fingerprint density at radius 2 is 2.29 bits per heavy atom. The summed E-state index contributed by atoms with van der Waals surface area (Å²) in [5.74, 6) is 0.0642. The number of methoxy groups -OCH3 is 1. The molecule has 0 aromatic rings. The van der Waals surface area contributed by atoms with Crippen LogP contribution < -0.4 is 5.73 Å². The summed E-state index contributed by atoms with van der Waals surface area (Å²) < 4.78 is 4.61. The number of amidine groups is 1. The predicted molar refractivity (Wildman–Crippen MR) is 59.4 cm³/mol. The van der Waals surface area contributed by atoms with Crippen LogP contribution in [0, 0.1) is 5.41 Å². The molecule has 0 saturated heterocycles. The number of thioether (sulfide) groups is 1. The second-order valence-electron chi connectivity index (χ2n) is 2.66. The van der Waals surface area contributed by atoms with Gasteiger partial charge in [0.2, 0.25) is 0 Å². The van der Waals surface area contributed by atoms with Crippen LogP contribution in [0.5, 0.6) is 0 Å². The quantitative estimate of drug-likeness (QED) is 0.316. The van der Waals surface area contributed by atoms with Crippen LogP contribution in [-0.4, -0.2) is 24.0 Å². The molecule has 0 spiro atoms. The minimum atomic E-state index is -0.341. The van der Waals surface area contributed by atoms with Crippen molar-refractivity contribution in [3.63, 3.8) is 0 Å². The Hall–Kier alpha value is -0.970. The van der Waals surface area contributed by atoms with E-state index < -0.39 is 0 Å². The van der Waals surface area contributed by atoms with Crippen molar-refractivity contribution in [1.82, 2.24) is 0 Å². The first-order valence-electron chi connectivity index (χ1n) is 4.36. The summed E-state index contributed by atoms with van der Waals surface area (Å²) in [7, 11) is 1.35. The molecular weight excluding hydrogens is 200 g/mol. The van der Waals surface area contributed by atoms with Gasteiger partial charge in [-0.25, -0.2) is 4.79 Å². The van der Waals surface area contributed by atoms with Gasteiger partial charge in [-0.05, 0) is 6.42 Å². The molecule has 0 rings (SSSR count). The van der Waals surface area contributed by atoms with Crippen LogP contribution in [0.25, 0.3) is 0 Å². The van der Waals surface area contributed by atoms with Crippen LogP contribution >= 0.6 is 11.8 Å². The van der Waals surface area contributed by atoms with Gasteiger partial charge in [-0.2, -0.15) is 0 Å². The molecule has 0 bridgehead atoms. The molecule has 0 saturated carbocycles. The van der Waals surface area contributed by atoms with Crippen LogP contribution in [0.1, 0.15) is 19.8 Å². The minimum Gasteiger partial charge on any atom is -0.466 e. The fourth-order valence-corrected chi connectivity index (χ4v) is 1.35. The van der Waals surface area contributed by atoms with E-state index in [1.54, 1.807) is 0 Å². The van der Waals surface area contributed by atoms with Crippen molar-refractivity contribution < 1.29 is 9.53 Å². The number of carbonyl (C=O) groups is 1. The summed E-state index contributed by atoms with van der Waals surface area (Å²) in [6, 6.07) is 0. The van der Waals surface area contributed by atoms with E-state index >= 15 is 0 Å². The topological polar surface area (TPSA) is 76.2 Å². The summed E-state index contributed by atoms with van der Waals surface area (Å²) in [6.07, 6.45) is 3.65. The maximum absolute atomic E-state index is 11.2. The SMILES string of the molecule is CCC/C=C(\CSC(=N)N)C(=O)OC. The van der Waals surface area contributed by atoms with E-state index in [1.807, 2.05) is 13.0 Å². The first-order valence-corrected chi connectivity index (χ1v) is 5.34. The van der Waals surface area contributed by atoms with E-state index in [0.717, 1.165) is 24.6 Å². The highest BCUT2D eigenvalue weighted by molar-refractivity contribution is 8.13. The van der Waals surface area contributed by atoms with E-state index in [2.05, 4.69) is 4.74 Å². The Morgan fingerprint density at radius 1 is 1.64 bits per heavy atom. The van der Waals surface area contributed by atoms with Crippen molar-refractivity contribution in [3.8, 4) is 0 Å². The van der Waals surface area contributed by atoms with Crippen LogP contribution in [0.15, 0.2) is 11.6 Å². The Labute approximate surface area is 88.4 Å². The molecule has 0 aliphatic rings. The zero-order valence-electron chi connectivity index (χ0n) is 8.50. The van der Waals surface area contributed by atoms with E-state index in [4.69, 9.17) is 11.1 Å². The standard InChI is InChI=1S/C9H16N2O2S/c1-3-4-5-7(8(12)13-2)6-14-9(10)11/h5H,3-4,6H2,1-2H3,(H3,10,11)/b7-5+. The molecule has 0 aromatic heterocycles. The number of carbonyl (C=O) groups excluding carboxylic acids is 1. The molecule has 0 atom stereocenters. The van der Waals surface area contributed by atoms with Gasteiger partial charge in [0.25, 0.3) is 0 Å². The summed E-state index contributed by atoms with van der Waals surface area (Å²) >= 11 is 1.13. The van der Waals surface area contributed by atoms with E-state index in [1.165, 1.54) is 7.11 Å². The summed E-state index contributed by atoms with van der Waals surface area (Å²) in [5, 5.41) is 7.03. The van der Waals surface area contributed by atoms with Crippen molar-refractivity contribution in [1.29, 1.82) is 5.41 Å². The molecule has 14 heavy (non-hydrogen) atoms. The van der Waals surface area contributed by atoms with Crippen molar-refractivity contribution in [2.45, 2.75) is 19.8 Å². The van der Waals surface area contributed by atoms with Crippen LogP contribution in [-0.2, 0) is 9.53 Å². The van der Waals surface area contributed by atoms with Crippen molar-refractivity contribution in [2.24, 2.45) is 5.73 Å². The lowest BCUT2D eigenvalue weighted by Gasteiger charge is -2.03. The normalized spacial score (nSPS) is 11.1. The molecule has 0 fully saturated rings. The average Bonchev–Trinajstić information content (AvgIpc) is 2.16. The summed E-state index contributed by atoms with van der Waals surface area (Å²) in [6.45, 7) is 2.03. The molecule has 3 N–H and O–H groups in total. The Kier molecular flexibility index (Phi) is 6.92.